The molecule has 2 saturated carbocycles. The molecule has 42 heavy (non-hydrogen) atoms. The first-order valence-electron chi connectivity index (χ1n) is 13.9. The number of hydrogen-bond acceptors (Lipinski definition) is 8. The van der Waals surface area contributed by atoms with Crippen LogP contribution < -0.4 is 10.6 Å². The number of aromatic nitrogens is 3. The van der Waals surface area contributed by atoms with Crippen LogP contribution >= 0.6 is 0 Å². The highest BCUT2D eigenvalue weighted by Crippen LogP contribution is 2.43. The normalized spacial score (nSPS) is 22.1. The minimum Gasteiger partial charge on any atom is -0.438 e. The molecule has 0 spiro atoms. The Labute approximate surface area is 237 Å². The first kappa shape index (κ1) is 28.4. The zero-order chi connectivity index (χ0) is 29.6. The van der Waals surface area contributed by atoms with E-state index in [4.69, 9.17) is 13.8 Å². The number of benzene rings is 1. The first-order valence-corrected chi connectivity index (χ1v) is 13.9. The van der Waals surface area contributed by atoms with E-state index in [1.807, 2.05) is 0 Å². The third-order valence-corrected chi connectivity index (χ3v) is 8.15. The van der Waals surface area contributed by atoms with Gasteiger partial charge in [0.25, 0.3) is 11.8 Å². The number of amides is 3. The maximum absolute atomic E-state index is 14.2. The van der Waals surface area contributed by atoms with Crippen molar-refractivity contribution in [3.05, 3.63) is 41.0 Å². The van der Waals surface area contributed by atoms with E-state index in [1.54, 1.807) is 18.2 Å². The number of methoxy groups -OCH3 is 1. The van der Waals surface area contributed by atoms with E-state index in [-0.39, 0.29) is 49.8 Å². The topological polar surface area (TPSA) is 136 Å². The Morgan fingerprint density at radius 2 is 1.93 bits per heavy atom. The molecule has 1 aliphatic heterocycles. The maximum atomic E-state index is 14.2. The van der Waals surface area contributed by atoms with E-state index in [2.05, 4.69) is 25.9 Å². The second-order valence-electron chi connectivity index (χ2n) is 11.3. The van der Waals surface area contributed by atoms with Crippen molar-refractivity contribution in [1.82, 2.24) is 30.8 Å². The number of alkyl halides is 4. The van der Waals surface area contributed by atoms with Crippen LogP contribution in [-0.2, 0) is 4.74 Å². The zero-order valence-electron chi connectivity index (χ0n) is 22.7. The average molecular weight is 595 g/mol. The van der Waals surface area contributed by atoms with E-state index < -0.39 is 54.9 Å². The van der Waals surface area contributed by atoms with E-state index in [0.29, 0.717) is 22.4 Å². The molecule has 226 valence electrons. The number of hydrogen-bond donors (Lipinski definition) is 2. The fourth-order valence-electron chi connectivity index (χ4n) is 5.73. The van der Waals surface area contributed by atoms with Crippen molar-refractivity contribution in [3.8, 4) is 0 Å². The van der Waals surface area contributed by atoms with Crippen molar-refractivity contribution < 1.29 is 40.9 Å². The van der Waals surface area contributed by atoms with E-state index in [0.717, 1.165) is 17.7 Å². The number of fused-ring (bicyclic) bond motifs is 1. The second kappa shape index (κ2) is 10.8. The molecular formula is C27H30F4N6O5. The summed E-state index contributed by atoms with van der Waals surface area (Å²) < 4.78 is 72.5. The van der Waals surface area contributed by atoms with Crippen LogP contribution in [0.4, 0.5) is 22.4 Å². The molecule has 0 radical (unpaired) electrons. The summed E-state index contributed by atoms with van der Waals surface area (Å²) >= 11 is 0. The Morgan fingerprint density at radius 1 is 1.17 bits per heavy atom. The predicted molar refractivity (Wildman–Crippen MR) is 137 cm³/mol. The summed E-state index contributed by atoms with van der Waals surface area (Å²) in [6, 6.07) is 2.47. The first-order chi connectivity index (χ1) is 20.0. The Morgan fingerprint density at radius 3 is 2.64 bits per heavy atom. The summed E-state index contributed by atoms with van der Waals surface area (Å²) in [5.74, 6) is -6.67. The standard InChI is InChI=1S/C27H30F4N6O5/c1-40-11-18(37-13-27(30,31)12-32-25(37)39)16-4-5-19-17(10-16)33-24(41-19)21(15-6-8-26(28,29)9-7-15)34-23(38)22-20(14-2-3-14)35-42-36-22/h4-5,10,14-15,18,21H,2-3,6-9,11-13H2,1H3,(H,32,39)(H,34,38)/t18-,21+/m1/s1. The lowest BCUT2D eigenvalue weighted by molar-refractivity contribution is -0.0510. The number of halogens is 4. The fourth-order valence-corrected chi connectivity index (χ4v) is 5.73. The van der Waals surface area contributed by atoms with Gasteiger partial charge >= 0.3 is 6.03 Å². The summed E-state index contributed by atoms with van der Waals surface area (Å²) in [5, 5.41) is 12.7. The SMILES string of the molecule is COC[C@H](c1ccc2oc([C@@H](NC(=O)c3nonc3C3CC3)C3CCC(F)(F)CC3)nc2c1)N1CC(F)(F)CNC1=O. The third kappa shape index (κ3) is 5.78. The summed E-state index contributed by atoms with van der Waals surface area (Å²) in [7, 11) is 1.40. The van der Waals surface area contributed by atoms with Crippen molar-refractivity contribution in [3.63, 3.8) is 0 Å². The zero-order valence-corrected chi connectivity index (χ0v) is 22.7. The molecule has 3 fully saturated rings. The smallest absolute Gasteiger partial charge is 0.318 e. The highest BCUT2D eigenvalue weighted by Gasteiger charge is 2.43. The number of ether oxygens (including phenoxy) is 1. The highest BCUT2D eigenvalue weighted by atomic mass is 19.3. The van der Waals surface area contributed by atoms with Crippen molar-refractivity contribution in [2.45, 2.75) is 68.4 Å². The average Bonchev–Trinajstić information content (AvgIpc) is 3.51. The molecular weight excluding hydrogens is 564 g/mol. The van der Waals surface area contributed by atoms with Gasteiger partial charge in [0.2, 0.25) is 11.8 Å². The molecule has 0 unspecified atom stereocenters. The molecule has 11 nitrogen and oxygen atoms in total. The Balaban J connectivity index is 1.31. The summed E-state index contributed by atoms with van der Waals surface area (Å²) in [6.45, 7) is -1.58. The molecule has 3 amide bonds. The van der Waals surface area contributed by atoms with Gasteiger partial charge in [0.05, 0.1) is 25.7 Å². The molecule has 3 aliphatic rings. The van der Waals surface area contributed by atoms with Crippen LogP contribution in [0.5, 0.6) is 0 Å². The number of urea groups is 1. The number of rotatable bonds is 9. The summed E-state index contributed by atoms with van der Waals surface area (Å²) in [6.07, 6.45) is 1.31. The van der Waals surface area contributed by atoms with Crippen molar-refractivity contribution in [1.29, 1.82) is 0 Å². The maximum Gasteiger partial charge on any atom is 0.318 e. The monoisotopic (exact) mass is 594 g/mol. The Bertz CT molecular complexity index is 1460. The highest BCUT2D eigenvalue weighted by molar-refractivity contribution is 5.93. The lowest BCUT2D eigenvalue weighted by Crippen LogP contribution is -2.58. The minimum absolute atomic E-state index is 0.0426. The molecule has 2 aromatic heterocycles. The Hall–Kier alpha value is -3.75. The van der Waals surface area contributed by atoms with Gasteiger partial charge in [-0.1, -0.05) is 11.2 Å². The van der Waals surface area contributed by atoms with E-state index >= 15 is 0 Å². The van der Waals surface area contributed by atoms with Crippen molar-refractivity contribution >= 4 is 23.0 Å². The van der Waals surface area contributed by atoms with Crippen LogP contribution in [0.1, 0.15) is 84.2 Å². The quantitative estimate of drug-likeness (QED) is 0.340. The molecule has 0 bridgehead atoms. The number of nitrogens with one attached hydrogen (secondary N) is 2. The number of oxazole rings is 1. The fraction of sp³-hybridized carbons (Fsp3) is 0.593. The number of carbonyl (C=O) groups excluding carboxylic acids is 2. The van der Waals surface area contributed by atoms with Gasteiger partial charge in [0, 0.05) is 25.9 Å². The van der Waals surface area contributed by atoms with Crippen LogP contribution in [-0.4, -0.2) is 70.8 Å². The molecule has 1 saturated heterocycles. The molecule has 2 aliphatic carbocycles. The van der Waals surface area contributed by atoms with Crippen LogP contribution in [0, 0.1) is 5.92 Å². The third-order valence-electron chi connectivity index (χ3n) is 8.15. The van der Waals surface area contributed by atoms with Gasteiger partial charge in [-0.3, -0.25) is 4.79 Å². The molecule has 3 heterocycles. The summed E-state index contributed by atoms with van der Waals surface area (Å²) in [4.78, 5) is 31.4. The molecule has 1 aromatic carbocycles. The second-order valence-corrected chi connectivity index (χ2v) is 11.3. The van der Waals surface area contributed by atoms with Crippen LogP contribution in [0.15, 0.2) is 27.2 Å². The van der Waals surface area contributed by atoms with Crippen molar-refractivity contribution in [2.24, 2.45) is 5.92 Å². The van der Waals surface area contributed by atoms with Gasteiger partial charge in [0.15, 0.2) is 11.3 Å². The van der Waals surface area contributed by atoms with Gasteiger partial charge < -0.3 is 24.7 Å². The number of carbonyl (C=O) groups is 2. The van der Waals surface area contributed by atoms with Crippen LogP contribution in [0.2, 0.25) is 0 Å². The largest absolute Gasteiger partial charge is 0.438 e. The van der Waals surface area contributed by atoms with Gasteiger partial charge in [-0.15, -0.1) is 0 Å². The Kier molecular flexibility index (Phi) is 7.31. The molecule has 3 aromatic rings. The van der Waals surface area contributed by atoms with Crippen LogP contribution in [0.25, 0.3) is 11.1 Å². The van der Waals surface area contributed by atoms with Crippen LogP contribution in [0.3, 0.4) is 0 Å². The molecule has 2 atom stereocenters. The molecule has 2 N–H and O–H groups in total. The molecule has 15 heteroatoms. The lowest BCUT2D eigenvalue weighted by atomic mass is 9.82. The van der Waals surface area contributed by atoms with E-state index in [1.165, 1.54) is 7.11 Å². The van der Waals surface area contributed by atoms with Gasteiger partial charge in [-0.2, -0.15) is 0 Å². The van der Waals surface area contributed by atoms with Gasteiger partial charge in [-0.05, 0) is 54.5 Å². The van der Waals surface area contributed by atoms with E-state index in [9.17, 15) is 27.2 Å². The minimum atomic E-state index is -3.12. The van der Waals surface area contributed by atoms with Crippen molar-refractivity contribution in [2.75, 3.05) is 26.8 Å². The van der Waals surface area contributed by atoms with Gasteiger partial charge in [-0.25, -0.2) is 32.0 Å². The van der Waals surface area contributed by atoms with Gasteiger partial charge in [0.1, 0.15) is 17.3 Å². The summed E-state index contributed by atoms with van der Waals surface area (Å²) in [5.41, 5.74) is 1.66. The number of nitrogens with zero attached hydrogens (tertiary/aromatic N) is 4. The predicted octanol–water partition coefficient (Wildman–Crippen LogP) is 4.73. The molecule has 6 rings (SSSR count). The lowest BCUT2D eigenvalue weighted by Gasteiger charge is -2.38.